The second-order valence-electron chi connectivity index (χ2n) is 7.73. The summed E-state index contributed by atoms with van der Waals surface area (Å²) in [4.78, 5) is 4.73. The second-order valence-corrected chi connectivity index (χ2v) is 7.73. The minimum atomic E-state index is 0.264. The van der Waals surface area contributed by atoms with Crippen molar-refractivity contribution in [2.24, 2.45) is 0 Å². The number of fused-ring (bicyclic) bond motifs is 1. The fraction of sp³-hybridized carbons (Fsp3) is 0.185. The van der Waals surface area contributed by atoms with Crippen LogP contribution in [0.5, 0.6) is 0 Å². The molecule has 1 atom stereocenters. The fourth-order valence-electron chi connectivity index (χ4n) is 4.06. The second kappa shape index (κ2) is 8.40. The van der Waals surface area contributed by atoms with Crippen LogP contribution >= 0.6 is 0 Å². The number of para-hydroxylation sites is 2. The van der Waals surface area contributed by atoms with E-state index >= 15 is 0 Å². The van der Waals surface area contributed by atoms with Gasteiger partial charge in [-0.3, -0.25) is 0 Å². The minimum absolute atomic E-state index is 0.264. The predicted octanol–water partition coefficient (Wildman–Crippen LogP) is 6.61. The predicted molar refractivity (Wildman–Crippen MR) is 125 cm³/mol. The lowest BCUT2D eigenvalue weighted by atomic mass is 9.94. The van der Waals surface area contributed by atoms with E-state index in [1.54, 1.807) is 0 Å². The van der Waals surface area contributed by atoms with Crippen LogP contribution in [0.25, 0.3) is 6.08 Å². The van der Waals surface area contributed by atoms with E-state index in [0.717, 1.165) is 18.7 Å². The highest BCUT2D eigenvalue weighted by atomic mass is 15.2. The molecule has 1 heterocycles. The lowest BCUT2D eigenvalue weighted by Crippen LogP contribution is -2.35. The molecule has 0 radical (unpaired) electrons. The molecule has 1 unspecified atom stereocenters. The van der Waals surface area contributed by atoms with Crippen molar-refractivity contribution in [3.63, 3.8) is 0 Å². The molecule has 0 aliphatic carbocycles. The fourth-order valence-corrected chi connectivity index (χ4v) is 4.06. The normalized spacial score (nSPS) is 15.9. The van der Waals surface area contributed by atoms with Gasteiger partial charge in [-0.15, -0.1) is 0 Å². The van der Waals surface area contributed by atoms with Crippen molar-refractivity contribution >= 4 is 17.5 Å². The summed E-state index contributed by atoms with van der Waals surface area (Å²) in [6.45, 7) is 7.60. The Morgan fingerprint density at radius 3 is 2.41 bits per heavy atom. The summed E-state index contributed by atoms with van der Waals surface area (Å²) in [7, 11) is 2.17. The Bertz CT molecular complexity index is 1000. The smallest absolute Gasteiger partial charge is 0.0628 e. The van der Waals surface area contributed by atoms with Crippen molar-refractivity contribution in [2.45, 2.75) is 19.4 Å². The summed E-state index contributed by atoms with van der Waals surface area (Å²) in [6, 6.07) is 28.2. The Morgan fingerprint density at radius 1 is 0.966 bits per heavy atom. The number of anilines is 2. The zero-order valence-electron chi connectivity index (χ0n) is 17.3. The van der Waals surface area contributed by atoms with E-state index in [1.165, 1.54) is 28.1 Å². The van der Waals surface area contributed by atoms with Crippen LogP contribution in [0, 0.1) is 6.92 Å². The Kier molecular flexibility index (Phi) is 5.53. The standard InChI is InChI=1S/C27H28N2/c1-21-13-16-23(17-14-21)18-15-22(2)29(24-9-5-4-6-10-24)27-19-20-28(3)26-12-8-7-11-25(26)27/h4-18,27H,2,19-20H2,1,3H3/b18-15+. The van der Waals surface area contributed by atoms with Gasteiger partial charge >= 0.3 is 0 Å². The summed E-state index contributed by atoms with van der Waals surface area (Å²) in [5.41, 5.74) is 7.30. The van der Waals surface area contributed by atoms with Crippen molar-refractivity contribution in [3.05, 3.63) is 114 Å². The molecule has 0 aromatic heterocycles. The largest absolute Gasteiger partial charge is 0.374 e. The molecule has 2 nitrogen and oxygen atoms in total. The van der Waals surface area contributed by atoms with E-state index in [1.807, 2.05) is 0 Å². The van der Waals surface area contributed by atoms with E-state index < -0.39 is 0 Å². The molecule has 0 amide bonds. The van der Waals surface area contributed by atoms with Crippen molar-refractivity contribution in [3.8, 4) is 0 Å². The molecule has 0 spiro atoms. The average molecular weight is 381 g/mol. The van der Waals surface area contributed by atoms with E-state index in [0.29, 0.717) is 0 Å². The van der Waals surface area contributed by atoms with Crippen LogP contribution in [0.2, 0.25) is 0 Å². The molecule has 0 saturated heterocycles. The molecule has 29 heavy (non-hydrogen) atoms. The van der Waals surface area contributed by atoms with Gasteiger partial charge in [-0.1, -0.05) is 78.9 Å². The maximum absolute atomic E-state index is 4.46. The molecule has 2 heteroatoms. The number of hydrogen-bond acceptors (Lipinski definition) is 2. The van der Waals surface area contributed by atoms with Gasteiger partial charge in [0, 0.05) is 30.7 Å². The molecule has 0 fully saturated rings. The molecule has 0 saturated carbocycles. The molecule has 0 N–H and O–H groups in total. The van der Waals surface area contributed by atoms with Crippen molar-refractivity contribution < 1.29 is 0 Å². The number of rotatable bonds is 5. The first-order valence-electron chi connectivity index (χ1n) is 10.2. The third-order valence-electron chi connectivity index (χ3n) is 5.65. The highest BCUT2D eigenvalue weighted by molar-refractivity contribution is 5.65. The summed E-state index contributed by atoms with van der Waals surface area (Å²) in [5, 5.41) is 0. The molecule has 1 aliphatic rings. The van der Waals surface area contributed by atoms with Crippen molar-refractivity contribution in [1.29, 1.82) is 0 Å². The summed E-state index contributed by atoms with van der Waals surface area (Å²) >= 11 is 0. The van der Waals surface area contributed by atoms with E-state index in [4.69, 9.17) is 0 Å². The highest BCUT2D eigenvalue weighted by Gasteiger charge is 2.29. The van der Waals surface area contributed by atoms with Gasteiger partial charge in [0.1, 0.15) is 0 Å². The van der Waals surface area contributed by atoms with Crippen LogP contribution in [0.1, 0.15) is 29.2 Å². The highest BCUT2D eigenvalue weighted by Crippen LogP contribution is 2.40. The Labute approximate surface area is 174 Å². The number of hydrogen-bond donors (Lipinski definition) is 0. The molecule has 3 aromatic carbocycles. The molecular weight excluding hydrogens is 352 g/mol. The van der Waals surface area contributed by atoms with Crippen molar-refractivity contribution in [2.75, 3.05) is 23.4 Å². The molecule has 1 aliphatic heterocycles. The molecule has 3 aromatic rings. The quantitative estimate of drug-likeness (QED) is 0.460. The topological polar surface area (TPSA) is 6.48 Å². The maximum atomic E-state index is 4.46. The lowest BCUT2D eigenvalue weighted by molar-refractivity contribution is 0.589. The SMILES string of the molecule is C=C(/C=C/c1ccc(C)cc1)N(c1ccccc1)C1CCN(C)c2ccccc21. The molecule has 146 valence electrons. The first-order valence-corrected chi connectivity index (χ1v) is 10.2. The van der Waals surface area contributed by atoms with Crippen LogP contribution in [0.4, 0.5) is 11.4 Å². The Hall–Kier alpha value is -3.26. The van der Waals surface area contributed by atoms with Gasteiger partial charge in [-0.05, 0) is 48.7 Å². The van der Waals surface area contributed by atoms with Gasteiger partial charge in [-0.2, -0.15) is 0 Å². The molecular formula is C27H28N2. The number of nitrogens with zero attached hydrogens (tertiary/aromatic N) is 2. The van der Waals surface area contributed by atoms with E-state index in [2.05, 4.69) is 121 Å². The summed E-state index contributed by atoms with van der Waals surface area (Å²) in [6.07, 6.45) is 5.34. The number of benzene rings is 3. The average Bonchev–Trinajstić information content (AvgIpc) is 2.76. The Morgan fingerprint density at radius 2 is 1.66 bits per heavy atom. The first kappa shape index (κ1) is 19.1. The van der Waals surface area contributed by atoms with Crippen LogP contribution in [0.3, 0.4) is 0 Å². The van der Waals surface area contributed by atoms with Crippen LogP contribution in [-0.2, 0) is 0 Å². The first-order chi connectivity index (χ1) is 14.1. The third kappa shape index (κ3) is 4.12. The molecule has 4 rings (SSSR count). The van der Waals surface area contributed by atoms with Crippen molar-refractivity contribution in [1.82, 2.24) is 0 Å². The van der Waals surface area contributed by atoms with Crippen LogP contribution in [0.15, 0.2) is 97.2 Å². The lowest BCUT2D eigenvalue weighted by Gasteiger charge is -2.41. The van der Waals surface area contributed by atoms with Gasteiger partial charge < -0.3 is 9.80 Å². The number of allylic oxidation sites excluding steroid dienone is 1. The Balaban J connectivity index is 1.70. The molecule has 0 bridgehead atoms. The van der Waals surface area contributed by atoms with Gasteiger partial charge in [0.15, 0.2) is 0 Å². The van der Waals surface area contributed by atoms with Gasteiger partial charge in [0.25, 0.3) is 0 Å². The van der Waals surface area contributed by atoms with Crippen LogP contribution < -0.4 is 9.80 Å². The maximum Gasteiger partial charge on any atom is 0.0628 e. The zero-order chi connectivity index (χ0) is 20.2. The monoisotopic (exact) mass is 380 g/mol. The van der Waals surface area contributed by atoms with Gasteiger partial charge in [0.05, 0.1) is 6.04 Å². The third-order valence-corrected chi connectivity index (χ3v) is 5.65. The van der Waals surface area contributed by atoms with E-state index in [9.17, 15) is 0 Å². The minimum Gasteiger partial charge on any atom is -0.374 e. The van der Waals surface area contributed by atoms with Gasteiger partial charge in [0.2, 0.25) is 0 Å². The zero-order valence-corrected chi connectivity index (χ0v) is 17.3. The van der Waals surface area contributed by atoms with Crippen LogP contribution in [-0.4, -0.2) is 13.6 Å². The van der Waals surface area contributed by atoms with Gasteiger partial charge in [-0.25, -0.2) is 0 Å². The summed E-state index contributed by atoms with van der Waals surface area (Å²) < 4.78 is 0. The summed E-state index contributed by atoms with van der Waals surface area (Å²) in [5.74, 6) is 0. The number of aryl methyl sites for hydroxylation is 1. The van der Waals surface area contributed by atoms with E-state index in [-0.39, 0.29) is 6.04 Å².